The standard InChI is InChI=1S/C23H20N4O4/c28-18-10-12-26(22(31)25-18)14-19(29)27-13-11-23(20(27)15-6-2-1-3-7-15)16-8-4-5-9-17(16)24-21(23)30/h1-10,12,20H,11,13-14H2,(H,24,30)(H,25,28,31)/t20-,23+/m0/s1. The molecule has 2 aromatic carbocycles. The van der Waals surface area contributed by atoms with Gasteiger partial charge in [-0.25, -0.2) is 4.79 Å². The molecule has 1 saturated heterocycles. The van der Waals surface area contributed by atoms with Gasteiger partial charge in [0.1, 0.15) is 12.0 Å². The topological polar surface area (TPSA) is 104 Å². The van der Waals surface area contributed by atoms with Gasteiger partial charge >= 0.3 is 5.69 Å². The first-order valence-electron chi connectivity index (χ1n) is 10.1. The first-order chi connectivity index (χ1) is 15.0. The van der Waals surface area contributed by atoms with Crippen molar-refractivity contribution in [2.45, 2.75) is 24.4 Å². The molecule has 0 aliphatic carbocycles. The molecular formula is C23H20N4O4. The molecule has 0 bridgehead atoms. The van der Waals surface area contributed by atoms with Gasteiger partial charge in [0, 0.05) is 24.5 Å². The lowest BCUT2D eigenvalue weighted by molar-refractivity contribution is -0.134. The molecule has 0 unspecified atom stereocenters. The van der Waals surface area contributed by atoms with Crippen LogP contribution in [0.4, 0.5) is 5.69 Å². The summed E-state index contributed by atoms with van der Waals surface area (Å²) in [5, 5.41) is 2.98. The van der Waals surface area contributed by atoms with Crippen molar-refractivity contribution in [2.75, 3.05) is 11.9 Å². The Morgan fingerprint density at radius 2 is 1.74 bits per heavy atom. The van der Waals surface area contributed by atoms with Crippen LogP contribution < -0.4 is 16.6 Å². The van der Waals surface area contributed by atoms with Crippen LogP contribution >= 0.6 is 0 Å². The Kier molecular flexibility index (Phi) is 4.35. The molecule has 3 aromatic rings. The third kappa shape index (κ3) is 2.91. The Labute approximate surface area is 177 Å². The maximum atomic E-state index is 13.3. The third-order valence-electron chi connectivity index (χ3n) is 6.22. The van der Waals surface area contributed by atoms with E-state index in [4.69, 9.17) is 0 Å². The average molecular weight is 416 g/mol. The lowest BCUT2D eigenvalue weighted by Crippen LogP contribution is -2.44. The second-order valence-corrected chi connectivity index (χ2v) is 7.86. The van der Waals surface area contributed by atoms with E-state index in [2.05, 4.69) is 10.3 Å². The molecule has 2 N–H and O–H groups in total. The summed E-state index contributed by atoms with van der Waals surface area (Å²) >= 11 is 0. The van der Waals surface area contributed by atoms with Gasteiger partial charge in [-0.3, -0.25) is 23.9 Å². The molecule has 31 heavy (non-hydrogen) atoms. The molecule has 2 aliphatic rings. The minimum absolute atomic E-state index is 0.126. The highest BCUT2D eigenvalue weighted by Gasteiger charge is 2.59. The maximum absolute atomic E-state index is 13.3. The number of benzene rings is 2. The van der Waals surface area contributed by atoms with Gasteiger partial charge in [0.15, 0.2) is 0 Å². The number of nitrogens with one attached hydrogen (secondary N) is 2. The van der Waals surface area contributed by atoms with E-state index in [0.29, 0.717) is 13.0 Å². The predicted molar refractivity (Wildman–Crippen MR) is 114 cm³/mol. The molecule has 2 aliphatic heterocycles. The van der Waals surface area contributed by atoms with Crippen LogP contribution in [0.15, 0.2) is 76.4 Å². The number of nitrogens with zero attached hydrogens (tertiary/aromatic N) is 2. The van der Waals surface area contributed by atoms with E-state index >= 15 is 0 Å². The molecule has 0 radical (unpaired) electrons. The Balaban J connectivity index is 1.59. The van der Waals surface area contributed by atoms with E-state index in [9.17, 15) is 19.2 Å². The average Bonchev–Trinajstić information content (AvgIpc) is 3.30. The smallest absolute Gasteiger partial charge is 0.328 e. The fourth-order valence-electron chi connectivity index (χ4n) is 4.86. The van der Waals surface area contributed by atoms with E-state index in [1.165, 1.54) is 16.8 Å². The van der Waals surface area contributed by atoms with Crippen LogP contribution in [0, 0.1) is 0 Å². The SMILES string of the molecule is O=C(Cn1ccc(=O)[nH]c1=O)N1CC[C@]2(C(=O)Nc3ccccc32)[C@@H]1c1ccccc1. The van der Waals surface area contributed by atoms with Gasteiger partial charge in [0.05, 0.1) is 6.04 Å². The summed E-state index contributed by atoms with van der Waals surface area (Å²) in [4.78, 5) is 53.9. The Hall–Kier alpha value is -3.94. The largest absolute Gasteiger partial charge is 0.333 e. The molecule has 3 heterocycles. The first kappa shape index (κ1) is 19.0. The minimum Gasteiger partial charge on any atom is -0.333 e. The normalized spacial score (nSPS) is 21.9. The van der Waals surface area contributed by atoms with E-state index in [-0.39, 0.29) is 18.4 Å². The minimum atomic E-state index is -0.899. The molecule has 2 atom stereocenters. The van der Waals surface area contributed by atoms with Crippen molar-refractivity contribution in [3.8, 4) is 0 Å². The monoisotopic (exact) mass is 416 g/mol. The van der Waals surface area contributed by atoms with Crippen molar-refractivity contribution in [1.82, 2.24) is 14.5 Å². The number of para-hydroxylation sites is 1. The molecule has 1 spiro atoms. The second kappa shape index (κ2) is 7.09. The number of aromatic nitrogens is 2. The second-order valence-electron chi connectivity index (χ2n) is 7.86. The van der Waals surface area contributed by atoms with Gasteiger partial charge in [0.25, 0.3) is 5.56 Å². The first-order valence-corrected chi connectivity index (χ1v) is 10.1. The molecule has 1 aromatic heterocycles. The van der Waals surface area contributed by atoms with E-state index in [1.807, 2.05) is 54.6 Å². The van der Waals surface area contributed by atoms with E-state index in [1.54, 1.807) is 4.90 Å². The van der Waals surface area contributed by atoms with Crippen molar-refractivity contribution < 1.29 is 9.59 Å². The van der Waals surface area contributed by atoms with E-state index < -0.39 is 22.7 Å². The lowest BCUT2D eigenvalue weighted by Gasteiger charge is -2.34. The highest BCUT2D eigenvalue weighted by molar-refractivity contribution is 6.07. The number of rotatable bonds is 3. The number of aromatic amines is 1. The molecule has 1 fully saturated rings. The summed E-state index contributed by atoms with van der Waals surface area (Å²) in [5.41, 5.74) is 0.438. The summed E-state index contributed by atoms with van der Waals surface area (Å²) in [6.45, 7) is 0.149. The zero-order chi connectivity index (χ0) is 21.6. The van der Waals surface area contributed by atoms with Crippen molar-refractivity contribution in [3.63, 3.8) is 0 Å². The number of carbonyl (C=O) groups excluding carboxylic acids is 2. The quantitative estimate of drug-likeness (QED) is 0.673. The summed E-state index contributed by atoms with van der Waals surface area (Å²) in [7, 11) is 0. The summed E-state index contributed by atoms with van der Waals surface area (Å²) in [5.74, 6) is -0.420. The highest BCUT2D eigenvalue weighted by atomic mass is 16.2. The highest BCUT2D eigenvalue weighted by Crippen LogP contribution is 2.54. The van der Waals surface area contributed by atoms with Gasteiger partial charge in [-0.05, 0) is 23.6 Å². The molecule has 0 saturated carbocycles. The number of anilines is 1. The number of carbonyl (C=O) groups is 2. The number of amides is 2. The lowest BCUT2D eigenvalue weighted by atomic mass is 9.72. The van der Waals surface area contributed by atoms with Crippen LogP contribution in [-0.2, 0) is 21.5 Å². The van der Waals surface area contributed by atoms with Crippen molar-refractivity contribution in [3.05, 3.63) is 98.8 Å². The molecule has 2 amide bonds. The maximum Gasteiger partial charge on any atom is 0.328 e. The number of hydrogen-bond donors (Lipinski definition) is 2. The molecule has 5 rings (SSSR count). The Morgan fingerprint density at radius 3 is 2.52 bits per heavy atom. The van der Waals surface area contributed by atoms with Gasteiger partial charge in [-0.1, -0.05) is 48.5 Å². The number of likely N-dealkylation sites (tertiary alicyclic amines) is 1. The van der Waals surface area contributed by atoms with Gasteiger partial charge in [-0.15, -0.1) is 0 Å². The number of fused-ring (bicyclic) bond motifs is 2. The van der Waals surface area contributed by atoms with Crippen LogP contribution in [0.3, 0.4) is 0 Å². The third-order valence-corrected chi connectivity index (χ3v) is 6.22. The summed E-state index contributed by atoms with van der Waals surface area (Å²) in [6, 6.07) is 17.8. The van der Waals surface area contributed by atoms with E-state index in [0.717, 1.165) is 16.8 Å². The van der Waals surface area contributed by atoms with Crippen LogP contribution in [-0.4, -0.2) is 32.8 Å². The molecule has 8 heteroatoms. The van der Waals surface area contributed by atoms with Crippen LogP contribution in [0.2, 0.25) is 0 Å². The molecular weight excluding hydrogens is 396 g/mol. The van der Waals surface area contributed by atoms with Crippen LogP contribution in [0.1, 0.15) is 23.6 Å². The fraction of sp³-hybridized carbons (Fsp3) is 0.217. The van der Waals surface area contributed by atoms with Crippen LogP contribution in [0.5, 0.6) is 0 Å². The summed E-state index contributed by atoms with van der Waals surface area (Å²) < 4.78 is 1.17. The zero-order valence-electron chi connectivity index (χ0n) is 16.6. The van der Waals surface area contributed by atoms with Gasteiger partial charge < -0.3 is 10.2 Å². The van der Waals surface area contributed by atoms with Crippen LogP contribution in [0.25, 0.3) is 0 Å². The van der Waals surface area contributed by atoms with Crippen molar-refractivity contribution in [1.29, 1.82) is 0 Å². The molecule has 156 valence electrons. The fourth-order valence-corrected chi connectivity index (χ4v) is 4.86. The van der Waals surface area contributed by atoms with Gasteiger partial charge in [-0.2, -0.15) is 0 Å². The van der Waals surface area contributed by atoms with Gasteiger partial charge in [0.2, 0.25) is 11.8 Å². The molecule has 8 nitrogen and oxygen atoms in total. The predicted octanol–water partition coefficient (Wildman–Crippen LogP) is 1.40. The van der Waals surface area contributed by atoms with Crippen molar-refractivity contribution in [2.24, 2.45) is 0 Å². The van der Waals surface area contributed by atoms with Crippen molar-refractivity contribution >= 4 is 17.5 Å². The Morgan fingerprint density at radius 1 is 1.00 bits per heavy atom. The zero-order valence-corrected chi connectivity index (χ0v) is 16.6. The number of hydrogen-bond acceptors (Lipinski definition) is 4. The summed E-state index contributed by atoms with van der Waals surface area (Å²) in [6.07, 6.45) is 1.78. The Bertz CT molecular complexity index is 1300. The number of H-pyrrole nitrogens is 1.